The van der Waals surface area contributed by atoms with Crippen LogP contribution in [0.2, 0.25) is 0 Å². The van der Waals surface area contributed by atoms with Crippen molar-refractivity contribution in [2.75, 3.05) is 11.9 Å². The number of hydrogen-bond acceptors (Lipinski definition) is 6. The Kier molecular flexibility index (Phi) is 4.14. The maximum absolute atomic E-state index is 11.0. The van der Waals surface area contributed by atoms with E-state index < -0.39 is 27.1 Å². The number of nitrogens with zero attached hydrogens (tertiary/aromatic N) is 2. The molecule has 0 saturated carbocycles. The van der Waals surface area contributed by atoms with Gasteiger partial charge < -0.3 is 11.1 Å². The molecule has 0 aliphatic carbocycles. The monoisotopic (exact) mass is 266 g/mol. The van der Waals surface area contributed by atoms with Gasteiger partial charge in [0.15, 0.2) is 5.69 Å². The van der Waals surface area contributed by atoms with Crippen LogP contribution in [-0.4, -0.2) is 22.3 Å². The second-order valence-electron chi connectivity index (χ2n) is 3.44. The lowest BCUT2D eigenvalue weighted by Crippen LogP contribution is -2.13. The first kappa shape index (κ1) is 14.1. The minimum Gasteiger partial charge on any atom is -0.370 e. The summed E-state index contributed by atoms with van der Waals surface area (Å²) < 4.78 is 0. The summed E-state index contributed by atoms with van der Waals surface area (Å²) in [6, 6.07) is 1.78. The topological polar surface area (TPSA) is 141 Å². The van der Waals surface area contributed by atoms with E-state index in [1.165, 1.54) is 6.08 Å². The van der Waals surface area contributed by atoms with E-state index in [2.05, 4.69) is 11.9 Å². The van der Waals surface area contributed by atoms with E-state index in [9.17, 15) is 25.0 Å². The first-order valence-corrected chi connectivity index (χ1v) is 5.00. The molecule has 3 N–H and O–H groups in total. The van der Waals surface area contributed by atoms with E-state index in [1.54, 1.807) is 0 Å². The van der Waals surface area contributed by atoms with Gasteiger partial charge in [0.05, 0.1) is 15.4 Å². The van der Waals surface area contributed by atoms with Gasteiger partial charge in [-0.25, -0.2) is 0 Å². The van der Waals surface area contributed by atoms with Crippen LogP contribution in [0.5, 0.6) is 0 Å². The molecule has 0 unspecified atom stereocenters. The number of carbonyl (C=O) groups is 1. The van der Waals surface area contributed by atoms with Crippen molar-refractivity contribution in [3.63, 3.8) is 0 Å². The summed E-state index contributed by atoms with van der Waals surface area (Å²) in [5.74, 6) is -0.985. The van der Waals surface area contributed by atoms with E-state index >= 15 is 0 Å². The van der Waals surface area contributed by atoms with Crippen LogP contribution >= 0.6 is 0 Å². The lowest BCUT2D eigenvalue weighted by molar-refractivity contribution is -0.392. The molecule has 0 fully saturated rings. The highest BCUT2D eigenvalue weighted by atomic mass is 16.6. The van der Waals surface area contributed by atoms with Crippen LogP contribution < -0.4 is 11.1 Å². The Balaban J connectivity index is 3.54. The third-order valence-electron chi connectivity index (χ3n) is 2.20. The molecule has 0 bridgehead atoms. The van der Waals surface area contributed by atoms with Gasteiger partial charge in [0, 0.05) is 18.7 Å². The van der Waals surface area contributed by atoms with Crippen LogP contribution in [0.25, 0.3) is 0 Å². The van der Waals surface area contributed by atoms with Crippen molar-refractivity contribution in [3.05, 3.63) is 50.6 Å². The molecular weight excluding hydrogens is 256 g/mol. The lowest BCUT2D eigenvalue weighted by atomic mass is 10.1. The highest BCUT2D eigenvalue weighted by Gasteiger charge is 2.27. The predicted octanol–water partition coefficient (Wildman–Crippen LogP) is 1.20. The third kappa shape index (κ3) is 3.03. The fourth-order valence-corrected chi connectivity index (χ4v) is 1.40. The summed E-state index contributed by atoms with van der Waals surface area (Å²) in [5, 5.41) is 24.3. The van der Waals surface area contributed by atoms with Crippen LogP contribution in [0.1, 0.15) is 10.4 Å². The Morgan fingerprint density at radius 3 is 2.11 bits per heavy atom. The zero-order valence-electron chi connectivity index (χ0n) is 9.66. The Morgan fingerprint density at radius 1 is 1.32 bits per heavy atom. The van der Waals surface area contributed by atoms with E-state index in [0.717, 1.165) is 12.1 Å². The first-order valence-electron chi connectivity index (χ1n) is 5.00. The van der Waals surface area contributed by atoms with Crippen molar-refractivity contribution >= 4 is 23.0 Å². The molecule has 0 saturated heterocycles. The largest absolute Gasteiger partial charge is 0.370 e. The molecule has 9 heteroatoms. The summed E-state index contributed by atoms with van der Waals surface area (Å²) in [5.41, 5.74) is 3.20. The molecule has 1 aromatic carbocycles. The van der Waals surface area contributed by atoms with Crippen LogP contribution in [-0.2, 0) is 0 Å². The summed E-state index contributed by atoms with van der Waals surface area (Å²) >= 11 is 0. The summed E-state index contributed by atoms with van der Waals surface area (Å²) in [7, 11) is 0. The number of nitro benzene ring substituents is 2. The highest BCUT2D eigenvalue weighted by molar-refractivity contribution is 5.96. The van der Waals surface area contributed by atoms with E-state index in [0.29, 0.717) is 0 Å². The van der Waals surface area contributed by atoms with Crippen LogP contribution in [0.4, 0.5) is 17.1 Å². The SMILES string of the molecule is C=CCNc1c([N+](=O)[O-])cc(C(N)=O)cc1[N+](=O)[O-]. The van der Waals surface area contributed by atoms with Crippen molar-refractivity contribution in [1.29, 1.82) is 0 Å². The van der Waals surface area contributed by atoms with Gasteiger partial charge in [0.25, 0.3) is 11.4 Å². The molecule has 100 valence electrons. The number of amides is 1. The van der Waals surface area contributed by atoms with Crippen LogP contribution in [0.15, 0.2) is 24.8 Å². The molecule has 0 heterocycles. The molecule has 1 amide bonds. The summed E-state index contributed by atoms with van der Waals surface area (Å²) in [6.45, 7) is 3.49. The van der Waals surface area contributed by atoms with Gasteiger partial charge in [0.2, 0.25) is 5.91 Å². The fraction of sp³-hybridized carbons (Fsp3) is 0.100. The first-order chi connectivity index (χ1) is 8.88. The van der Waals surface area contributed by atoms with Gasteiger partial charge in [0.1, 0.15) is 0 Å². The standard InChI is InChI=1S/C10H10N4O5/c1-2-3-12-9-7(13(16)17)4-6(10(11)15)5-8(9)14(18)19/h2,4-5,12H,1,3H2,(H2,11,15). The molecule has 0 aliphatic rings. The molecule has 0 aromatic heterocycles. The van der Waals surface area contributed by atoms with Gasteiger partial charge in [-0.15, -0.1) is 6.58 Å². The van der Waals surface area contributed by atoms with Gasteiger partial charge in [-0.2, -0.15) is 0 Å². The number of primary amides is 1. The van der Waals surface area contributed by atoms with Gasteiger partial charge in [-0.3, -0.25) is 25.0 Å². The van der Waals surface area contributed by atoms with Crippen molar-refractivity contribution in [3.8, 4) is 0 Å². The molecule has 9 nitrogen and oxygen atoms in total. The Labute approximate surface area is 107 Å². The third-order valence-corrected chi connectivity index (χ3v) is 2.20. The Morgan fingerprint density at radius 2 is 1.79 bits per heavy atom. The molecule has 0 atom stereocenters. The molecule has 1 aromatic rings. The van der Waals surface area contributed by atoms with Gasteiger partial charge in [-0.1, -0.05) is 6.08 Å². The Hall–Kier alpha value is -2.97. The average Bonchev–Trinajstić information content (AvgIpc) is 2.34. The number of hydrogen-bond donors (Lipinski definition) is 2. The van der Waals surface area contributed by atoms with Crippen molar-refractivity contribution in [2.45, 2.75) is 0 Å². The number of nitro groups is 2. The van der Waals surface area contributed by atoms with Crippen molar-refractivity contribution in [2.24, 2.45) is 5.73 Å². The average molecular weight is 266 g/mol. The number of anilines is 1. The zero-order chi connectivity index (χ0) is 14.6. The normalized spacial score (nSPS) is 9.68. The number of benzene rings is 1. The number of carbonyl (C=O) groups excluding carboxylic acids is 1. The molecule has 0 aliphatic heterocycles. The maximum Gasteiger partial charge on any atom is 0.300 e. The van der Waals surface area contributed by atoms with Gasteiger partial charge in [-0.05, 0) is 0 Å². The number of nitrogens with two attached hydrogens (primary N) is 1. The summed E-state index contributed by atoms with van der Waals surface area (Å²) in [6.07, 6.45) is 1.38. The minimum absolute atomic E-state index is 0.0948. The van der Waals surface area contributed by atoms with E-state index in [-0.39, 0.29) is 17.8 Å². The summed E-state index contributed by atoms with van der Waals surface area (Å²) in [4.78, 5) is 31.2. The van der Waals surface area contributed by atoms with Crippen molar-refractivity contribution in [1.82, 2.24) is 0 Å². The molecule has 0 spiro atoms. The van der Waals surface area contributed by atoms with Crippen LogP contribution in [0, 0.1) is 20.2 Å². The molecule has 0 radical (unpaired) electrons. The Bertz CT molecular complexity index is 534. The highest BCUT2D eigenvalue weighted by Crippen LogP contribution is 2.35. The lowest BCUT2D eigenvalue weighted by Gasteiger charge is -2.07. The fourth-order valence-electron chi connectivity index (χ4n) is 1.40. The molecule has 19 heavy (non-hydrogen) atoms. The zero-order valence-corrected chi connectivity index (χ0v) is 9.66. The predicted molar refractivity (Wildman–Crippen MR) is 67.0 cm³/mol. The second kappa shape index (κ2) is 5.58. The van der Waals surface area contributed by atoms with Crippen LogP contribution in [0.3, 0.4) is 0 Å². The maximum atomic E-state index is 11.0. The van der Waals surface area contributed by atoms with E-state index in [4.69, 9.17) is 5.73 Å². The number of rotatable bonds is 6. The smallest absolute Gasteiger partial charge is 0.300 e. The van der Waals surface area contributed by atoms with Gasteiger partial charge >= 0.3 is 0 Å². The molecular formula is C10H10N4O5. The second-order valence-corrected chi connectivity index (χ2v) is 3.44. The van der Waals surface area contributed by atoms with Crippen molar-refractivity contribution < 1.29 is 14.6 Å². The molecule has 1 rings (SSSR count). The quantitative estimate of drug-likeness (QED) is 0.450. The number of nitrogens with one attached hydrogen (secondary N) is 1. The minimum atomic E-state index is -0.985. The van der Waals surface area contributed by atoms with E-state index in [1.807, 2.05) is 0 Å².